The summed E-state index contributed by atoms with van der Waals surface area (Å²) in [6.45, 7) is 38.5. The third-order valence-electron chi connectivity index (χ3n) is 24.4. The van der Waals surface area contributed by atoms with Crippen LogP contribution >= 0.6 is 23.2 Å². The number of ether oxygens (including phenoxy) is 3. The average Bonchev–Trinajstić information content (AvgIpc) is 1.75. The Morgan fingerprint density at radius 3 is 1.25 bits per heavy atom. The van der Waals surface area contributed by atoms with Crippen LogP contribution in [-0.2, 0) is 84.9 Å². The van der Waals surface area contributed by atoms with Gasteiger partial charge in [0.15, 0.2) is 11.6 Å². The van der Waals surface area contributed by atoms with Gasteiger partial charge >= 0.3 is 7.12 Å². The number of nitrogens with zero attached hydrogens (tertiary/aromatic N) is 20. The van der Waals surface area contributed by atoms with E-state index >= 15 is 0 Å². The molecule has 0 amide bonds. The molecule has 0 saturated carbocycles. The fourth-order valence-electron chi connectivity index (χ4n) is 15.2. The topological polar surface area (TPSA) is 433 Å². The lowest BCUT2D eigenvalue weighted by atomic mass is 9.82. The fraction of sp³-hybridized carbons (Fsp3) is 0.435. The van der Waals surface area contributed by atoms with Gasteiger partial charge in [0.25, 0.3) is 0 Å². The monoisotopic (exact) mass is 2090 g/mol. The molecule has 49 heteroatoms. The van der Waals surface area contributed by atoms with Gasteiger partial charge in [-0.3, -0.25) is 19.6 Å². The van der Waals surface area contributed by atoms with E-state index < -0.39 is 88.6 Å². The summed E-state index contributed by atoms with van der Waals surface area (Å²) >= 11 is 11.5. The van der Waals surface area contributed by atoms with Gasteiger partial charge < -0.3 is 47.2 Å². The van der Waals surface area contributed by atoms with Gasteiger partial charge in [-0.15, -0.1) is 0 Å². The first-order valence-corrected chi connectivity index (χ1v) is 62.1. The number of sulfonamides is 3. The normalized spacial score (nSPS) is 15.7. The highest BCUT2D eigenvalue weighted by molar-refractivity contribution is 7.89. The minimum atomic E-state index is -3.35. The number of nitrogens with one attached hydrogen (secondary N) is 4. The number of allylic oxidation sites excluding steroid dienone is 1. The molecule has 0 aromatic carbocycles. The number of hydrogen-bond acceptors (Lipinski definition) is 23. The van der Waals surface area contributed by atoms with Crippen LogP contribution in [0.2, 0.25) is 87.1 Å². The molecule has 141 heavy (non-hydrogen) atoms. The van der Waals surface area contributed by atoms with E-state index in [1.54, 1.807) is 104 Å². The first kappa shape index (κ1) is 109. The highest BCUT2D eigenvalue weighted by Crippen LogP contribution is 2.42. The Kier molecular flexibility index (Phi) is 34.9. The smallest absolute Gasteiger partial charge is 0.399 e. The lowest BCUT2D eigenvalue weighted by Crippen LogP contribution is -2.64. The molecule has 18 rings (SSSR count). The summed E-state index contributed by atoms with van der Waals surface area (Å²) in [4.78, 5) is 26.1. The first-order chi connectivity index (χ1) is 66.5. The van der Waals surface area contributed by atoms with Crippen molar-refractivity contribution in [2.45, 2.75) is 181 Å². The molecular weight excluding hydrogens is 1970 g/mol. The molecule has 752 valence electrons. The number of pyridine rings is 5. The summed E-state index contributed by atoms with van der Waals surface area (Å²) < 4.78 is 182. The second-order valence-electron chi connectivity index (χ2n) is 38.9. The largest absolute Gasteiger partial charge is 0.498 e. The average molecular weight is 2090 g/mol. The van der Waals surface area contributed by atoms with Crippen LogP contribution in [-0.4, -0.2) is 246 Å². The molecule has 4 fully saturated rings. The third-order valence-corrected chi connectivity index (χ3v) is 35.6. The van der Waals surface area contributed by atoms with Crippen molar-refractivity contribution in [3.63, 3.8) is 0 Å². The lowest BCUT2D eigenvalue weighted by molar-refractivity contribution is 0.00578. The van der Waals surface area contributed by atoms with E-state index in [1.165, 1.54) is 37.6 Å². The highest BCUT2D eigenvalue weighted by atomic mass is 35.5. The van der Waals surface area contributed by atoms with Crippen LogP contribution in [0.15, 0.2) is 154 Å². The predicted octanol–water partition coefficient (Wildman–Crippen LogP) is 16.7. The van der Waals surface area contributed by atoms with Crippen molar-refractivity contribution < 1.29 is 70.7 Å². The van der Waals surface area contributed by atoms with Crippen molar-refractivity contribution >= 4 is 145 Å². The molecular formula is C92H116BCl2F5N24O11S3Si3. The van der Waals surface area contributed by atoms with Gasteiger partial charge in [-0.05, 0) is 103 Å². The molecule has 0 radical (unpaired) electrons. The van der Waals surface area contributed by atoms with Gasteiger partial charge in [-0.1, -0.05) is 82.1 Å². The zero-order valence-corrected chi connectivity index (χ0v) is 88.3. The molecule has 4 N–H and O–H groups in total. The number of hydrogen-bond donors (Lipinski definition) is 4. The molecule has 14 aromatic rings. The molecule has 0 aliphatic carbocycles. The van der Waals surface area contributed by atoms with E-state index in [2.05, 4.69) is 137 Å². The molecule has 14 aromatic heterocycles. The number of H-pyrrole nitrogens is 4. The van der Waals surface area contributed by atoms with E-state index in [-0.39, 0.29) is 90.5 Å². The van der Waals surface area contributed by atoms with E-state index in [4.69, 9.17) is 52.0 Å². The maximum Gasteiger partial charge on any atom is 0.498 e. The Morgan fingerprint density at radius 2 is 0.844 bits per heavy atom. The first-order valence-electron chi connectivity index (χ1n) is 45.4. The fourth-order valence-corrected chi connectivity index (χ4v) is 21.4. The van der Waals surface area contributed by atoms with Crippen LogP contribution in [0.25, 0.3) is 88.5 Å². The summed E-state index contributed by atoms with van der Waals surface area (Å²) in [5.41, 5.74) is 5.96. The Hall–Kier alpha value is -11.0. The minimum Gasteiger partial charge on any atom is -0.399 e. The molecule has 0 atom stereocenters. The highest BCUT2D eigenvalue weighted by Gasteiger charge is 2.53. The number of aromatic amines is 4. The molecule has 35 nitrogen and oxygen atoms in total. The summed E-state index contributed by atoms with van der Waals surface area (Å²) in [7, 11) is -13.4. The Labute approximate surface area is 829 Å². The standard InChI is InChI=1S/C23H31FN6O3SSi.C17H17FN6O2S.C16H21FN4OSi.C13H18ClFN2OSi.C9H15BN2O2.C7H4ClFN2.C7H10N2O2S/c1-5-34(31,32)29-15-23(16-29,7-8-25)30-14-18(12-27-30)21-19-6-9-28(22(19)26-13-20(21)24)17-33-10-11-35(2,3)4;1-2-27(25,26)23-10-17(11-23,4-5-19)24-9-12(7-22-24)15-13-3-6-20-16(13)21-8-14(15)18;1-23(2,3)7-6-22-11-21-5-4-13-15(12-8-19-20-9-12)14(17)10-18-16(13)21;1-19(2,3)7-6-18-9-17-5-4-10-12(14)11(15)8-16-13(10)17;1-8(2)9(3,4)14-10(13-8)7-5-11-12-6-7;8-6-4-1-2-10-7(4)11-3-5(6)9;1-2-12(10,11)9-5-7(6-9)3-4-8/h6,9,12-14H,5,7,10-11,15-17H2,1-4H3;3,6-9H,2,4,10-11H2,1H3,(H,20,21);4-5,8-10H,6-7,11H2,1-3H3,(H,19,20);4-5,8H,6-7,9H2,1-3H3;5-6H,1-4H3,(H,11,12);1-3H,(H,10,11);3H,2,5-6H2,1H3. The van der Waals surface area contributed by atoms with Crippen LogP contribution in [0.4, 0.5) is 22.0 Å². The molecule has 4 aliphatic rings. The number of fused-ring (bicyclic) bond motifs is 5. The van der Waals surface area contributed by atoms with Crippen molar-refractivity contribution in [3.05, 3.63) is 193 Å². The van der Waals surface area contributed by atoms with Crippen molar-refractivity contribution in [1.82, 2.24) is 101 Å². The Bertz CT molecular complexity index is 7210. The SMILES string of the molecule is CC1(C)OB(c2cn[nH]c2)OC1(C)C.CCS(=O)(=O)N1CC(=CC#N)C1.CCS(=O)(=O)N1CC(CC#N)(n2cc(-c3c(F)cnc4[nH]ccc34)cn2)C1.CCS(=O)(=O)N1CC(CC#N)(n2cc(-c3c(F)cnc4c3ccn4COCC[Si](C)(C)C)cn2)C1.C[Si](C)(C)CCOCn1ccc2c(-c3cn[nH]c3)c(F)cnc21.C[Si](C)(C)CCOCn1ccc2c(Cl)c(F)cnc21.Fc1cnc2[nH]ccc2c1Cl. The number of nitriles is 3. The van der Waals surface area contributed by atoms with Crippen LogP contribution in [0.3, 0.4) is 0 Å². The van der Waals surface area contributed by atoms with E-state index in [1.807, 2.05) is 78.2 Å². The van der Waals surface area contributed by atoms with Crippen LogP contribution < -0.4 is 5.46 Å². The van der Waals surface area contributed by atoms with Crippen molar-refractivity contribution in [3.8, 4) is 51.6 Å². The van der Waals surface area contributed by atoms with Crippen LogP contribution in [0.1, 0.15) is 61.3 Å². The van der Waals surface area contributed by atoms with Gasteiger partial charge in [0.1, 0.15) is 77.0 Å². The van der Waals surface area contributed by atoms with Crippen molar-refractivity contribution in [2.75, 3.05) is 76.3 Å². The number of rotatable bonds is 29. The summed E-state index contributed by atoms with van der Waals surface area (Å²) in [6.07, 6.45) is 29.6. The quantitative estimate of drug-likeness (QED) is 0.0146. The van der Waals surface area contributed by atoms with Gasteiger partial charge in [-0.25, -0.2) is 72.1 Å². The molecule has 0 spiro atoms. The zero-order chi connectivity index (χ0) is 103. The molecule has 0 unspecified atom stereocenters. The molecule has 18 heterocycles. The van der Waals surface area contributed by atoms with Gasteiger partial charge in [0.2, 0.25) is 30.1 Å². The van der Waals surface area contributed by atoms with Crippen LogP contribution in [0, 0.1) is 63.1 Å². The number of aromatic nitrogens is 18. The van der Waals surface area contributed by atoms with E-state index in [9.17, 15) is 57.7 Å². The summed E-state index contributed by atoms with van der Waals surface area (Å²) in [5.74, 6) is -2.14. The van der Waals surface area contributed by atoms with Gasteiger partial charge in [0, 0.05) is 217 Å². The minimum absolute atomic E-state index is 0.000946. The van der Waals surface area contributed by atoms with Gasteiger partial charge in [0.05, 0.1) is 119 Å². The Balaban J connectivity index is 0.000000152. The van der Waals surface area contributed by atoms with E-state index in [0.717, 1.165) is 72.0 Å². The van der Waals surface area contributed by atoms with E-state index in [0.29, 0.717) is 117 Å². The lowest BCUT2D eigenvalue weighted by Gasteiger charge is -2.47. The number of halogens is 7. The van der Waals surface area contributed by atoms with Crippen LogP contribution in [0.5, 0.6) is 0 Å². The van der Waals surface area contributed by atoms with Crippen molar-refractivity contribution in [2.24, 2.45) is 0 Å². The molecule has 0 bridgehead atoms. The molecule has 4 aliphatic heterocycles. The van der Waals surface area contributed by atoms with Gasteiger partial charge in [-0.2, -0.15) is 49.1 Å². The predicted molar refractivity (Wildman–Crippen MR) is 541 cm³/mol. The second kappa shape index (κ2) is 45.3. The summed E-state index contributed by atoms with van der Waals surface area (Å²) in [5, 5.41) is 52.4. The summed E-state index contributed by atoms with van der Waals surface area (Å²) in [6, 6.07) is 18.3. The maximum atomic E-state index is 15.0. The maximum absolute atomic E-state index is 15.0. The Morgan fingerprint density at radius 1 is 0.475 bits per heavy atom. The van der Waals surface area contributed by atoms with Crippen molar-refractivity contribution in [1.29, 1.82) is 15.8 Å². The third kappa shape index (κ3) is 26.2. The second-order valence-corrected chi connectivity index (χ2v) is 63.3. The zero-order valence-electron chi connectivity index (χ0n) is 81.4. The molecule has 4 saturated heterocycles.